The average Bonchev–Trinajstić information content (AvgIpc) is 0.840. The van der Waals surface area contributed by atoms with Gasteiger partial charge in [0.15, 0.2) is 11.6 Å². The summed E-state index contributed by atoms with van der Waals surface area (Å²) in [6.45, 7) is 0.100. The van der Waals surface area contributed by atoms with Crippen LogP contribution >= 0.6 is 158 Å². The zero-order valence-electron chi connectivity index (χ0n) is 71.1. The number of nitrogens with zero attached hydrogens (tertiary/aromatic N) is 11. The molecule has 0 atom stereocenters. The number of halogens is 14. The number of carbonyl (C=O) groups is 6. The van der Waals surface area contributed by atoms with Gasteiger partial charge in [0.1, 0.15) is 87.1 Å². The summed E-state index contributed by atoms with van der Waals surface area (Å²) >= 11 is 13.9. The fourth-order valence-corrected chi connectivity index (χ4v) is 14.7. The number of ether oxygens (including phenoxy) is 2. The number of amidine groups is 1. The average molecular weight is 2610 g/mol. The van der Waals surface area contributed by atoms with E-state index in [4.69, 9.17) is 31.6 Å². The van der Waals surface area contributed by atoms with E-state index in [1.165, 1.54) is 104 Å². The van der Waals surface area contributed by atoms with Crippen LogP contribution < -0.4 is 58.6 Å². The van der Waals surface area contributed by atoms with Gasteiger partial charge in [0.25, 0.3) is 11.1 Å². The summed E-state index contributed by atoms with van der Waals surface area (Å²) in [6, 6.07) is 50.1. The van der Waals surface area contributed by atoms with E-state index in [1.807, 2.05) is 158 Å². The molecule has 694 valence electrons. The number of nitrogens with one attached hydrogen (secondary N) is 2. The second-order valence-electron chi connectivity index (χ2n) is 28.2. The highest BCUT2D eigenvalue weighted by Gasteiger charge is 2.31. The van der Waals surface area contributed by atoms with E-state index < -0.39 is 75.1 Å². The number of nitrogen functional groups attached to an aromatic ring is 1. The van der Waals surface area contributed by atoms with Crippen LogP contribution in [0.2, 0.25) is 0 Å². The number of ketones is 3. The predicted octanol–water partition coefficient (Wildman–Crippen LogP) is 16.5. The molecule has 0 bridgehead atoms. The smallest absolute Gasteiger partial charge is 0.337 e. The minimum absolute atomic E-state index is 0.0230. The molecule has 0 spiro atoms. The van der Waals surface area contributed by atoms with E-state index in [1.54, 1.807) is 168 Å². The first kappa shape index (κ1) is 109. The fraction of sp³-hybridized carbons (Fsp3) is 0.165. The lowest BCUT2D eigenvalue weighted by Gasteiger charge is -2.26. The van der Waals surface area contributed by atoms with Gasteiger partial charge >= 0.3 is 11.4 Å². The predicted molar refractivity (Wildman–Crippen MR) is 553 cm³/mol. The molecule has 7 N–H and O–H groups in total. The maximum atomic E-state index is 14.7. The Balaban J connectivity index is 0.000000218. The quantitative estimate of drug-likeness (QED) is 0.0105. The number of rotatable bonds is 22. The molecule has 0 radical (unpaired) electrons. The van der Waals surface area contributed by atoms with Gasteiger partial charge in [0.2, 0.25) is 17.7 Å². The molecule has 13 rings (SSSR count). The number of primary amides is 1. The van der Waals surface area contributed by atoms with Crippen LogP contribution in [0.5, 0.6) is 11.5 Å². The number of allylic oxidation sites excluding steroid dienone is 1. The van der Waals surface area contributed by atoms with Gasteiger partial charge in [-0.15, -0.1) is 0 Å². The summed E-state index contributed by atoms with van der Waals surface area (Å²) in [4.78, 5) is 133. The summed E-state index contributed by atoms with van der Waals surface area (Å²) in [5.41, 5.74) is 10.4. The first-order valence-electron chi connectivity index (χ1n) is 38.5. The molecule has 3 amide bonds. The van der Waals surface area contributed by atoms with Gasteiger partial charge in [0.05, 0.1) is 107 Å². The monoisotopic (exact) mass is 2610 g/mol. The number of Topliss-reactive ketones (excluding diaryl/α,β-unsaturated/α-hetero) is 2. The SMILES string of the molecule is CN(C)C=NC1=CC(=O)CC(=O)N1c1ccc(I)cc1F.CNc1cc(=O)n(Cc2ccc(OC)cc2)c(=O)n1-c1ccc(I)cc1F.COc1ccc(Cn2c(=O)cc(N=CN(C)C)n(-c3ccc(I)cc3F)c2=O)cc1.N#CCC(=O)CC(=O)Cc1ccc(I)cc1F.N=C1C=C(O)CC(=O)N1c1ccc(I)cc1F.NC(=O)Cc1ccc(I)cc1F.Nc1ccc(I)cc1F. The molecular formula is C91H79F7I7N15O13. The van der Waals surface area contributed by atoms with E-state index >= 15 is 0 Å². The molecule has 2 aromatic heterocycles. The summed E-state index contributed by atoms with van der Waals surface area (Å²) in [6.07, 6.45) is 4.05. The van der Waals surface area contributed by atoms with Crippen molar-refractivity contribution < 1.29 is 74.1 Å². The third-order valence-electron chi connectivity index (χ3n) is 17.7. The van der Waals surface area contributed by atoms with Gasteiger partial charge in [-0.05, 0) is 320 Å². The largest absolute Gasteiger partial charge is 0.512 e. The highest BCUT2D eigenvalue weighted by molar-refractivity contribution is 14.1. The summed E-state index contributed by atoms with van der Waals surface area (Å²) in [5, 5.41) is 27.9. The molecule has 0 saturated heterocycles. The lowest BCUT2D eigenvalue weighted by atomic mass is 10.0. The number of benzene rings is 9. The number of anilines is 4. The summed E-state index contributed by atoms with van der Waals surface area (Å²) < 4.78 is 116. The normalized spacial score (nSPS) is 12.0. The zero-order valence-corrected chi connectivity index (χ0v) is 86.2. The lowest BCUT2D eigenvalue weighted by Crippen LogP contribution is -2.40. The third-order valence-corrected chi connectivity index (χ3v) is 22.4. The van der Waals surface area contributed by atoms with Gasteiger partial charge in [-0.1, -0.05) is 36.4 Å². The Morgan fingerprint density at radius 3 is 1.30 bits per heavy atom. The Hall–Kier alpha value is -11.0. The van der Waals surface area contributed by atoms with Crippen molar-refractivity contribution in [2.45, 2.75) is 51.6 Å². The first-order chi connectivity index (χ1) is 62.9. The highest BCUT2D eigenvalue weighted by Crippen LogP contribution is 2.31. The van der Waals surface area contributed by atoms with Crippen molar-refractivity contribution in [1.29, 1.82) is 10.7 Å². The third kappa shape index (κ3) is 33.2. The maximum Gasteiger partial charge on any atom is 0.337 e. The number of aromatic nitrogens is 4. The fourth-order valence-electron chi connectivity index (χ4n) is 11.5. The molecular weight excluding hydrogens is 2530 g/mol. The molecule has 11 aromatic rings. The number of hydrogen-bond acceptors (Lipinski definition) is 19. The molecule has 4 heterocycles. The van der Waals surface area contributed by atoms with Gasteiger partial charge in [-0.3, -0.25) is 62.7 Å². The molecule has 0 aliphatic carbocycles. The van der Waals surface area contributed by atoms with Crippen molar-refractivity contribution in [3.63, 3.8) is 0 Å². The van der Waals surface area contributed by atoms with Crippen LogP contribution in [0, 0.1) is 82.5 Å². The molecule has 0 saturated carbocycles. The second kappa shape index (κ2) is 52.6. The van der Waals surface area contributed by atoms with Crippen molar-refractivity contribution in [3.8, 4) is 28.9 Å². The Morgan fingerprint density at radius 2 is 0.895 bits per heavy atom. The van der Waals surface area contributed by atoms with Crippen LogP contribution in [0.3, 0.4) is 0 Å². The van der Waals surface area contributed by atoms with Crippen molar-refractivity contribution in [1.82, 2.24) is 28.1 Å². The minimum Gasteiger partial charge on any atom is -0.512 e. The van der Waals surface area contributed by atoms with Crippen molar-refractivity contribution in [2.75, 3.05) is 70.3 Å². The molecule has 2 aliphatic rings. The maximum absolute atomic E-state index is 14.7. The zero-order chi connectivity index (χ0) is 98.4. The van der Waals surface area contributed by atoms with Crippen LogP contribution in [-0.4, -0.2) is 136 Å². The van der Waals surface area contributed by atoms with E-state index in [0.717, 1.165) is 59.6 Å². The number of aliphatic hydroxyl groups excluding tert-OH is 1. The standard InChI is InChI=1S/C21H20FIN4O3.C19H17FIN3O3.C14H13FIN3O2.C12H9FINO2.C11H8FIN2O2.C8H7FINO.C6H5FIN/c1-25(2)13-24-19-11-20(28)26(12-14-4-7-16(30-3)8-5-14)21(29)27(19)18-9-6-15(23)10-17(18)22;1-22-17-10-18(25)23(11-12-3-6-14(27-2)7-4-12)19(26)24(17)16-8-5-13(21)9-15(16)20;1-18(2)8-17-13-6-10(20)7-14(21)19(13)12-4-3-9(16)5-11(12)15;13-12-6-9(14)2-1-8(12)5-11(17)7-10(16)3-4-15;12-8-3-6(13)1-2-9(8)15-10(14)4-7(16)5-11(15)17;9-7-4-6(10)2-1-5(7)3-8(11)12;7-5-3-4(8)1-2-6(5)9/h4-11,13H,12H2,1-3H3;3-10,22H,11H2,1-2H3;3-6,8H,7H2,1-2H3;1-2,6H,3,5,7H2;1-4,14,16H,5H2;1-2,4H,3H2,(H2,11,12);1-3H,9H2. The van der Waals surface area contributed by atoms with Crippen LogP contribution in [-0.2, 0) is 54.7 Å². The number of aliphatic imine (C=N–C) groups is 2. The summed E-state index contributed by atoms with van der Waals surface area (Å²) in [7, 11) is 11.7. The van der Waals surface area contributed by atoms with Gasteiger partial charge < -0.3 is 41.2 Å². The van der Waals surface area contributed by atoms with Gasteiger partial charge in [-0.2, -0.15) is 5.26 Å². The van der Waals surface area contributed by atoms with Crippen LogP contribution in [0.25, 0.3) is 11.4 Å². The lowest BCUT2D eigenvalue weighted by molar-refractivity contribution is -0.127. The molecule has 0 fully saturated rings. The van der Waals surface area contributed by atoms with Crippen LogP contribution in [0.1, 0.15) is 47.9 Å². The molecule has 133 heavy (non-hydrogen) atoms. The van der Waals surface area contributed by atoms with Gasteiger partial charge in [0, 0.05) is 90.9 Å². The van der Waals surface area contributed by atoms with Crippen molar-refractivity contribution in [3.05, 3.63) is 341 Å². The Bertz CT molecular complexity index is 6610. The van der Waals surface area contributed by atoms with Crippen molar-refractivity contribution >= 4 is 240 Å². The van der Waals surface area contributed by atoms with Crippen molar-refractivity contribution in [2.24, 2.45) is 15.7 Å². The molecule has 9 aromatic carbocycles. The Kier molecular flexibility index (Phi) is 43.1. The topological polar surface area (TPSA) is 378 Å². The number of amides is 3. The molecule has 2 aliphatic heterocycles. The van der Waals surface area contributed by atoms with E-state index in [-0.39, 0.29) is 138 Å². The van der Waals surface area contributed by atoms with E-state index in [9.17, 15) is 83.8 Å². The van der Waals surface area contributed by atoms with Crippen LogP contribution in [0.15, 0.2) is 241 Å². The molecule has 42 heteroatoms. The van der Waals surface area contributed by atoms with E-state index in [2.05, 4.69) is 15.3 Å². The number of nitrogens with two attached hydrogens (primary N) is 2. The Morgan fingerprint density at radius 1 is 0.504 bits per heavy atom. The Labute approximate surface area is 852 Å². The first-order valence-corrected chi connectivity index (χ1v) is 46.0. The number of methoxy groups -OCH3 is 2. The number of aliphatic hydroxyl groups is 1. The minimum atomic E-state index is -0.677. The molecule has 0 unspecified atom stereocenters. The second-order valence-corrected chi connectivity index (χ2v) is 36.9. The number of carbonyl (C=O) groups excluding carboxylic acids is 6. The number of nitriles is 1. The molecule has 28 nitrogen and oxygen atoms in total. The summed E-state index contributed by atoms with van der Waals surface area (Å²) in [5.74, 6) is -4.75. The van der Waals surface area contributed by atoms with Crippen LogP contribution in [0.4, 0.5) is 59.4 Å². The number of hydrogen-bond donors (Lipinski definition) is 5. The van der Waals surface area contributed by atoms with E-state index in [0.29, 0.717) is 27.8 Å². The highest BCUT2D eigenvalue weighted by atomic mass is 127. The van der Waals surface area contributed by atoms with Gasteiger partial charge in [-0.25, -0.2) is 59.4 Å².